The molecule has 1 N–H and O–H groups in total. The Morgan fingerprint density at radius 2 is 1.85 bits per heavy atom. The van der Waals surface area contributed by atoms with Crippen molar-refractivity contribution in [1.29, 1.82) is 0 Å². The Hall–Kier alpha value is 0.01000. The third-order valence-electron chi connectivity index (χ3n) is 2.30. The van der Waals surface area contributed by atoms with Crippen LogP contribution in [0.2, 0.25) is 0 Å². The lowest BCUT2D eigenvalue weighted by atomic mass is 9.87. The van der Waals surface area contributed by atoms with Gasteiger partial charge in [0.25, 0.3) is 0 Å². The highest BCUT2D eigenvalue weighted by Crippen LogP contribution is 2.32. The van der Waals surface area contributed by atoms with Crippen molar-refractivity contribution in [3.8, 4) is 0 Å². The molecule has 0 aromatic heterocycles. The number of hydrogen-bond donors (Lipinski definition) is 1. The van der Waals surface area contributed by atoms with E-state index in [9.17, 15) is 9.90 Å². The largest absolute Gasteiger partial charge is 0.469 e. The maximum atomic E-state index is 11.1. The van der Waals surface area contributed by atoms with Crippen molar-refractivity contribution in [2.75, 3.05) is 7.11 Å². The first-order valence-corrected chi connectivity index (χ1v) is 4.97. The monoisotopic (exact) mass is 226 g/mol. The molecule has 0 aromatic rings. The number of esters is 1. The average Bonchev–Trinajstić information content (AvgIpc) is 2.12. The molecule has 0 amide bonds. The van der Waals surface area contributed by atoms with Gasteiger partial charge in [-0.05, 0) is 12.8 Å². The van der Waals surface area contributed by atoms with Crippen molar-refractivity contribution in [3.63, 3.8) is 0 Å². The molecule has 1 aliphatic carbocycles. The number of alkyl halides is 2. The van der Waals surface area contributed by atoms with Gasteiger partial charge in [0.15, 0.2) is 0 Å². The molecule has 1 aliphatic rings. The van der Waals surface area contributed by atoms with Crippen LogP contribution in [0.25, 0.3) is 0 Å². The van der Waals surface area contributed by atoms with E-state index in [0.29, 0.717) is 12.8 Å². The van der Waals surface area contributed by atoms with Crippen LogP contribution in [0.15, 0.2) is 0 Å². The third-order valence-corrected chi connectivity index (χ3v) is 3.17. The van der Waals surface area contributed by atoms with Crippen LogP contribution in [-0.4, -0.2) is 35.0 Å². The number of hydrogen-bond acceptors (Lipinski definition) is 3. The number of carbonyl (C=O) groups excluding carboxylic acids is 1. The highest BCUT2D eigenvalue weighted by Gasteiger charge is 2.38. The minimum Gasteiger partial charge on any atom is -0.469 e. The molecule has 0 radical (unpaired) electrons. The molecule has 0 saturated heterocycles. The van der Waals surface area contributed by atoms with E-state index in [1.807, 2.05) is 0 Å². The second-order valence-corrected chi connectivity index (χ2v) is 4.34. The molecule has 76 valence electrons. The summed E-state index contributed by atoms with van der Waals surface area (Å²) in [5.74, 6) is -0.582. The van der Waals surface area contributed by atoms with Gasteiger partial charge in [-0.25, -0.2) is 0 Å². The van der Waals surface area contributed by atoms with Gasteiger partial charge < -0.3 is 9.84 Å². The Bertz CT molecular complexity index is 186. The lowest BCUT2D eigenvalue weighted by molar-refractivity contribution is -0.147. The lowest BCUT2D eigenvalue weighted by Gasteiger charge is -2.31. The SMILES string of the molecule is COC(=O)C1CC(Cl)C(O)C(Cl)C1. The Morgan fingerprint density at radius 1 is 1.38 bits per heavy atom. The summed E-state index contributed by atoms with van der Waals surface area (Å²) >= 11 is 11.6. The molecule has 1 rings (SSSR count). The minimum absolute atomic E-state index is 0.279. The molecular weight excluding hydrogens is 215 g/mol. The van der Waals surface area contributed by atoms with Gasteiger partial charge in [-0.15, -0.1) is 23.2 Å². The normalized spacial score (nSPS) is 40.0. The summed E-state index contributed by atoms with van der Waals surface area (Å²) in [6, 6.07) is 0. The molecule has 1 fully saturated rings. The fraction of sp³-hybridized carbons (Fsp3) is 0.875. The molecule has 0 aliphatic heterocycles. The zero-order valence-corrected chi connectivity index (χ0v) is 8.76. The number of aliphatic hydroxyl groups is 1. The van der Waals surface area contributed by atoms with E-state index in [0.717, 1.165) is 0 Å². The maximum Gasteiger partial charge on any atom is 0.308 e. The van der Waals surface area contributed by atoms with E-state index in [2.05, 4.69) is 4.74 Å². The molecular formula is C8H12Cl2O3. The molecule has 0 spiro atoms. The van der Waals surface area contributed by atoms with Crippen molar-refractivity contribution >= 4 is 29.2 Å². The van der Waals surface area contributed by atoms with Crippen LogP contribution in [-0.2, 0) is 9.53 Å². The Kier molecular flexibility index (Phi) is 3.83. The van der Waals surface area contributed by atoms with Gasteiger partial charge in [0.1, 0.15) is 0 Å². The molecule has 0 aromatic carbocycles. The molecule has 0 bridgehead atoms. The highest BCUT2D eigenvalue weighted by atomic mass is 35.5. The predicted octanol–water partition coefficient (Wildman–Crippen LogP) is 1.15. The quantitative estimate of drug-likeness (QED) is 0.539. The molecule has 5 heteroatoms. The number of rotatable bonds is 1. The standard InChI is InChI=1S/C8H12Cl2O3/c1-13-8(12)4-2-5(9)7(11)6(10)3-4/h4-7,11H,2-3H2,1H3. The van der Waals surface area contributed by atoms with Crippen LogP contribution in [0.4, 0.5) is 0 Å². The molecule has 3 nitrogen and oxygen atoms in total. The summed E-state index contributed by atoms with van der Waals surface area (Å²) in [6.45, 7) is 0. The fourth-order valence-corrected chi connectivity index (χ4v) is 2.36. The molecule has 2 atom stereocenters. The topological polar surface area (TPSA) is 46.5 Å². The second-order valence-electron chi connectivity index (χ2n) is 3.21. The predicted molar refractivity (Wildman–Crippen MR) is 50.0 cm³/mol. The number of carbonyl (C=O) groups is 1. The van der Waals surface area contributed by atoms with Crippen LogP contribution < -0.4 is 0 Å². The van der Waals surface area contributed by atoms with Gasteiger partial charge in [-0.1, -0.05) is 0 Å². The Morgan fingerprint density at radius 3 is 2.23 bits per heavy atom. The van der Waals surface area contributed by atoms with Gasteiger partial charge in [0.2, 0.25) is 0 Å². The van der Waals surface area contributed by atoms with Crippen LogP contribution in [0.5, 0.6) is 0 Å². The maximum absolute atomic E-state index is 11.1. The van der Waals surface area contributed by atoms with E-state index in [1.165, 1.54) is 7.11 Å². The number of methoxy groups -OCH3 is 1. The lowest BCUT2D eigenvalue weighted by Crippen LogP contribution is -2.41. The average molecular weight is 227 g/mol. The van der Waals surface area contributed by atoms with Crippen molar-refractivity contribution in [2.45, 2.75) is 29.7 Å². The summed E-state index contributed by atoms with van der Waals surface area (Å²) in [6.07, 6.45) is 0.126. The number of halogens is 2. The van der Waals surface area contributed by atoms with Crippen LogP contribution >= 0.6 is 23.2 Å². The zero-order chi connectivity index (χ0) is 10.0. The van der Waals surface area contributed by atoms with E-state index < -0.39 is 16.9 Å². The summed E-state index contributed by atoms with van der Waals surface area (Å²) in [5.41, 5.74) is 0. The Labute approximate surface area is 87.0 Å². The van der Waals surface area contributed by atoms with E-state index >= 15 is 0 Å². The van der Waals surface area contributed by atoms with Crippen molar-refractivity contribution in [3.05, 3.63) is 0 Å². The number of aliphatic hydroxyl groups excluding tert-OH is 1. The molecule has 2 unspecified atom stereocenters. The Balaban J connectivity index is 2.58. The van der Waals surface area contributed by atoms with E-state index in [1.54, 1.807) is 0 Å². The van der Waals surface area contributed by atoms with Crippen LogP contribution in [0, 0.1) is 5.92 Å². The summed E-state index contributed by atoms with van der Waals surface area (Å²) in [5, 5.41) is 8.49. The van der Waals surface area contributed by atoms with Gasteiger partial charge in [-0.2, -0.15) is 0 Å². The van der Waals surface area contributed by atoms with E-state index in [-0.39, 0.29) is 11.9 Å². The first-order valence-electron chi connectivity index (χ1n) is 4.10. The zero-order valence-electron chi connectivity index (χ0n) is 7.24. The smallest absolute Gasteiger partial charge is 0.308 e. The van der Waals surface area contributed by atoms with Crippen molar-refractivity contribution in [2.24, 2.45) is 5.92 Å². The highest BCUT2D eigenvalue weighted by molar-refractivity contribution is 6.24. The summed E-state index contributed by atoms with van der Waals surface area (Å²) in [4.78, 5) is 11.1. The van der Waals surface area contributed by atoms with Crippen molar-refractivity contribution < 1.29 is 14.6 Å². The summed E-state index contributed by atoms with van der Waals surface area (Å²) in [7, 11) is 1.33. The molecule has 0 heterocycles. The number of ether oxygens (including phenoxy) is 1. The fourth-order valence-electron chi connectivity index (χ4n) is 1.50. The first-order chi connectivity index (χ1) is 6.06. The van der Waals surface area contributed by atoms with Gasteiger partial charge >= 0.3 is 5.97 Å². The molecule has 13 heavy (non-hydrogen) atoms. The van der Waals surface area contributed by atoms with Gasteiger partial charge in [-0.3, -0.25) is 4.79 Å². The van der Waals surface area contributed by atoms with Gasteiger partial charge in [0.05, 0.1) is 29.9 Å². The van der Waals surface area contributed by atoms with Crippen LogP contribution in [0.1, 0.15) is 12.8 Å². The second kappa shape index (κ2) is 4.49. The van der Waals surface area contributed by atoms with Gasteiger partial charge in [0, 0.05) is 0 Å². The van der Waals surface area contributed by atoms with E-state index in [4.69, 9.17) is 23.2 Å². The minimum atomic E-state index is -0.732. The third kappa shape index (κ3) is 2.48. The first kappa shape index (κ1) is 11.1. The summed E-state index contributed by atoms with van der Waals surface area (Å²) < 4.78 is 4.58. The van der Waals surface area contributed by atoms with Crippen molar-refractivity contribution in [1.82, 2.24) is 0 Å². The van der Waals surface area contributed by atoms with Crippen LogP contribution in [0.3, 0.4) is 0 Å². The molecule has 1 saturated carbocycles.